The van der Waals surface area contributed by atoms with E-state index in [2.05, 4.69) is 20.3 Å². The van der Waals surface area contributed by atoms with E-state index in [-0.39, 0.29) is 5.91 Å². The summed E-state index contributed by atoms with van der Waals surface area (Å²) in [6.07, 6.45) is 8.53. The third kappa shape index (κ3) is 5.56. The van der Waals surface area contributed by atoms with Crippen LogP contribution in [0.1, 0.15) is 11.1 Å². The predicted octanol–water partition coefficient (Wildman–Crippen LogP) is 2.55. The predicted molar refractivity (Wildman–Crippen MR) is 121 cm³/mol. The maximum Gasteiger partial charge on any atom is 0.248 e. The van der Waals surface area contributed by atoms with Crippen LogP contribution in [-0.4, -0.2) is 51.9 Å². The number of benzene rings is 1. The molecule has 1 aliphatic rings. The molecular weight excluding hydrogens is 392 g/mol. The molecule has 1 saturated heterocycles. The number of morpholine rings is 1. The van der Waals surface area contributed by atoms with Gasteiger partial charge in [-0.3, -0.25) is 14.4 Å². The third-order valence-corrected chi connectivity index (χ3v) is 5.12. The lowest BCUT2D eigenvalue weighted by molar-refractivity contribution is -0.111. The fourth-order valence-corrected chi connectivity index (χ4v) is 3.49. The number of pyridine rings is 1. The minimum Gasteiger partial charge on any atom is -0.384 e. The van der Waals surface area contributed by atoms with Crippen LogP contribution in [-0.2, 0) is 23.1 Å². The summed E-state index contributed by atoms with van der Waals surface area (Å²) in [5.41, 5.74) is 10.4. The average Bonchev–Trinajstić information content (AvgIpc) is 3.21. The molecule has 0 saturated carbocycles. The van der Waals surface area contributed by atoms with Gasteiger partial charge < -0.3 is 15.8 Å². The van der Waals surface area contributed by atoms with Gasteiger partial charge in [-0.15, -0.1) is 0 Å². The summed E-state index contributed by atoms with van der Waals surface area (Å²) < 4.78 is 7.10. The number of ether oxygens (including phenoxy) is 1. The first-order valence-corrected chi connectivity index (χ1v) is 10.2. The molecule has 1 amide bonds. The first kappa shape index (κ1) is 20.8. The quantitative estimate of drug-likeness (QED) is 0.597. The Balaban J connectivity index is 1.40. The van der Waals surface area contributed by atoms with Gasteiger partial charge in [0.1, 0.15) is 5.82 Å². The molecular formula is C23H26N6O2. The third-order valence-electron chi connectivity index (χ3n) is 5.12. The summed E-state index contributed by atoms with van der Waals surface area (Å²) in [6.45, 7) is 4.35. The Kier molecular flexibility index (Phi) is 6.40. The first-order chi connectivity index (χ1) is 15.1. The van der Waals surface area contributed by atoms with Gasteiger partial charge in [0.25, 0.3) is 0 Å². The van der Waals surface area contributed by atoms with Gasteiger partial charge >= 0.3 is 0 Å². The number of amides is 1. The summed E-state index contributed by atoms with van der Waals surface area (Å²) in [4.78, 5) is 18.9. The SMILES string of the molecule is Cn1cc(-c2cc(N)ncc2C=CC(=O)Nc2ccc(CN3CCOCC3)cc2)cn1. The highest BCUT2D eigenvalue weighted by molar-refractivity contribution is 6.02. The Bertz CT molecular complexity index is 1070. The summed E-state index contributed by atoms with van der Waals surface area (Å²) in [6, 6.07) is 9.71. The molecule has 8 heteroatoms. The van der Waals surface area contributed by atoms with Crippen LogP contribution in [0.15, 0.2) is 55.0 Å². The zero-order valence-electron chi connectivity index (χ0n) is 17.5. The van der Waals surface area contributed by atoms with E-state index in [1.165, 1.54) is 11.6 Å². The Hall–Kier alpha value is -3.49. The van der Waals surface area contributed by atoms with Gasteiger partial charge in [-0.05, 0) is 35.4 Å². The molecule has 2 aromatic heterocycles. The summed E-state index contributed by atoms with van der Waals surface area (Å²) >= 11 is 0. The molecule has 4 rings (SSSR count). The highest BCUT2D eigenvalue weighted by Crippen LogP contribution is 2.25. The second-order valence-corrected chi connectivity index (χ2v) is 7.51. The average molecular weight is 419 g/mol. The van der Waals surface area contributed by atoms with E-state index >= 15 is 0 Å². The van der Waals surface area contributed by atoms with E-state index in [1.807, 2.05) is 37.5 Å². The summed E-state index contributed by atoms with van der Waals surface area (Å²) in [5.74, 6) is 0.201. The van der Waals surface area contributed by atoms with Crippen LogP contribution < -0.4 is 11.1 Å². The number of nitrogens with zero attached hydrogens (tertiary/aromatic N) is 4. The Morgan fingerprint density at radius 2 is 2.00 bits per heavy atom. The molecule has 3 aromatic rings. The highest BCUT2D eigenvalue weighted by Gasteiger charge is 2.11. The Morgan fingerprint density at radius 1 is 1.23 bits per heavy atom. The molecule has 3 N–H and O–H groups in total. The van der Waals surface area contributed by atoms with Crippen LogP contribution >= 0.6 is 0 Å². The molecule has 0 bridgehead atoms. The van der Waals surface area contributed by atoms with E-state index in [4.69, 9.17) is 10.5 Å². The number of nitrogens with one attached hydrogen (secondary N) is 1. The van der Waals surface area contributed by atoms with Crippen molar-refractivity contribution in [2.24, 2.45) is 7.05 Å². The van der Waals surface area contributed by atoms with Crippen molar-refractivity contribution in [1.82, 2.24) is 19.7 Å². The fraction of sp³-hybridized carbons (Fsp3) is 0.261. The molecule has 0 atom stereocenters. The summed E-state index contributed by atoms with van der Waals surface area (Å²) in [7, 11) is 1.85. The molecule has 0 radical (unpaired) electrons. The molecule has 8 nitrogen and oxygen atoms in total. The standard InChI is InChI=1S/C23H26N6O2/c1-28-16-19(14-26-28)21-12-22(24)25-13-18(21)4-7-23(30)27-20-5-2-17(3-6-20)15-29-8-10-31-11-9-29/h2-7,12-14,16H,8-11,15H2,1H3,(H2,24,25)(H,27,30). The second-order valence-electron chi connectivity index (χ2n) is 7.51. The van der Waals surface area contributed by atoms with Crippen molar-refractivity contribution in [2.75, 3.05) is 37.4 Å². The zero-order chi connectivity index (χ0) is 21.6. The highest BCUT2D eigenvalue weighted by atomic mass is 16.5. The number of nitrogens with two attached hydrogens (primary N) is 1. The number of nitrogen functional groups attached to an aromatic ring is 1. The molecule has 1 aliphatic heterocycles. The molecule has 0 spiro atoms. The molecule has 1 aromatic carbocycles. The Morgan fingerprint density at radius 3 is 2.71 bits per heavy atom. The van der Waals surface area contributed by atoms with Crippen LogP contribution in [0.4, 0.5) is 11.5 Å². The van der Waals surface area contributed by atoms with Crippen LogP contribution in [0.2, 0.25) is 0 Å². The second kappa shape index (κ2) is 9.55. The zero-order valence-corrected chi connectivity index (χ0v) is 17.5. The maximum absolute atomic E-state index is 12.4. The lowest BCUT2D eigenvalue weighted by atomic mass is 10.0. The normalized spacial score (nSPS) is 14.7. The van der Waals surface area contributed by atoms with Crippen LogP contribution in [0, 0.1) is 0 Å². The van der Waals surface area contributed by atoms with Gasteiger partial charge in [-0.2, -0.15) is 5.10 Å². The lowest BCUT2D eigenvalue weighted by Crippen LogP contribution is -2.35. The number of carbonyl (C=O) groups is 1. The van der Waals surface area contributed by atoms with Crippen molar-refractivity contribution < 1.29 is 9.53 Å². The van der Waals surface area contributed by atoms with Gasteiger partial charge in [0, 0.05) is 62.0 Å². The molecule has 0 unspecified atom stereocenters. The van der Waals surface area contributed by atoms with Crippen LogP contribution in [0.25, 0.3) is 17.2 Å². The molecule has 0 aliphatic carbocycles. The fourth-order valence-electron chi connectivity index (χ4n) is 3.49. The monoisotopic (exact) mass is 418 g/mol. The number of hydrogen-bond donors (Lipinski definition) is 2. The number of rotatable bonds is 6. The van der Waals surface area contributed by atoms with E-state index in [1.54, 1.807) is 29.2 Å². The Labute approximate surface area is 181 Å². The van der Waals surface area contributed by atoms with E-state index in [9.17, 15) is 4.79 Å². The van der Waals surface area contributed by atoms with Crippen molar-refractivity contribution in [2.45, 2.75) is 6.54 Å². The van der Waals surface area contributed by atoms with E-state index < -0.39 is 0 Å². The minimum absolute atomic E-state index is 0.213. The van der Waals surface area contributed by atoms with Crippen molar-refractivity contribution in [3.05, 3.63) is 66.1 Å². The molecule has 160 valence electrons. The van der Waals surface area contributed by atoms with Gasteiger partial charge in [-0.1, -0.05) is 12.1 Å². The number of anilines is 2. The number of aryl methyl sites for hydroxylation is 1. The van der Waals surface area contributed by atoms with Gasteiger partial charge in [-0.25, -0.2) is 4.98 Å². The topological polar surface area (TPSA) is 98.3 Å². The molecule has 3 heterocycles. The smallest absolute Gasteiger partial charge is 0.248 e. The number of hydrogen-bond acceptors (Lipinski definition) is 6. The minimum atomic E-state index is -0.213. The van der Waals surface area contributed by atoms with Crippen molar-refractivity contribution in [3.63, 3.8) is 0 Å². The lowest BCUT2D eigenvalue weighted by Gasteiger charge is -2.26. The van der Waals surface area contributed by atoms with Gasteiger partial charge in [0.05, 0.1) is 19.4 Å². The molecule has 31 heavy (non-hydrogen) atoms. The van der Waals surface area contributed by atoms with Gasteiger partial charge in [0.2, 0.25) is 5.91 Å². The number of carbonyl (C=O) groups excluding carboxylic acids is 1. The van der Waals surface area contributed by atoms with Crippen molar-refractivity contribution >= 4 is 23.5 Å². The number of aromatic nitrogens is 3. The van der Waals surface area contributed by atoms with Crippen molar-refractivity contribution in [1.29, 1.82) is 0 Å². The van der Waals surface area contributed by atoms with Crippen LogP contribution in [0.5, 0.6) is 0 Å². The van der Waals surface area contributed by atoms with Gasteiger partial charge in [0.15, 0.2) is 0 Å². The van der Waals surface area contributed by atoms with Crippen molar-refractivity contribution in [3.8, 4) is 11.1 Å². The maximum atomic E-state index is 12.4. The van der Waals surface area contributed by atoms with E-state index in [0.717, 1.165) is 55.2 Å². The molecule has 1 fully saturated rings. The first-order valence-electron chi connectivity index (χ1n) is 10.2. The van der Waals surface area contributed by atoms with E-state index in [0.29, 0.717) is 5.82 Å². The summed E-state index contributed by atoms with van der Waals surface area (Å²) in [5, 5.41) is 7.10. The van der Waals surface area contributed by atoms with Crippen LogP contribution in [0.3, 0.4) is 0 Å². The largest absolute Gasteiger partial charge is 0.384 e.